The van der Waals surface area contributed by atoms with Crippen molar-refractivity contribution < 1.29 is 9.57 Å². The summed E-state index contributed by atoms with van der Waals surface area (Å²) < 4.78 is 5.91. The fourth-order valence-corrected chi connectivity index (χ4v) is 3.75. The highest BCUT2D eigenvalue weighted by Gasteiger charge is 2.21. The number of piperidine rings is 1. The molecule has 5 nitrogen and oxygen atoms in total. The van der Waals surface area contributed by atoms with E-state index in [9.17, 15) is 0 Å². The lowest BCUT2D eigenvalue weighted by molar-refractivity contribution is -0.0967. The maximum Gasteiger partial charge on any atom is 0.0813 e. The number of hydrogen-bond donors (Lipinski definition) is 2. The quantitative estimate of drug-likeness (QED) is 0.370. The molecule has 0 saturated carbocycles. The van der Waals surface area contributed by atoms with E-state index in [0.29, 0.717) is 6.04 Å². The maximum absolute atomic E-state index is 5.91. The number of nitrogens with zero attached hydrogens (tertiary/aromatic N) is 1. The van der Waals surface area contributed by atoms with Gasteiger partial charge in [-0.1, -0.05) is 24.3 Å². The number of hydrogen-bond acceptors (Lipinski definition) is 5. The van der Waals surface area contributed by atoms with E-state index >= 15 is 0 Å². The van der Waals surface area contributed by atoms with Crippen LogP contribution >= 0.6 is 0 Å². The van der Waals surface area contributed by atoms with E-state index < -0.39 is 0 Å². The second-order valence-electron chi connectivity index (χ2n) is 11.0. The minimum Gasteiger partial charge on any atom is -0.381 e. The lowest BCUT2D eigenvalue weighted by Crippen LogP contribution is -2.48. The average molecular weight is 434 g/mol. The fraction of sp³-hybridized carbons (Fsp3) is 0.769. The molecule has 178 valence electrons. The number of rotatable bonds is 12. The van der Waals surface area contributed by atoms with Gasteiger partial charge >= 0.3 is 0 Å². The topological polar surface area (TPSA) is 45.8 Å². The molecule has 1 aliphatic rings. The Morgan fingerprint density at radius 2 is 1.77 bits per heavy atom. The Kier molecular flexibility index (Phi) is 10.9. The van der Waals surface area contributed by atoms with Crippen molar-refractivity contribution in [2.75, 3.05) is 32.8 Å². The summed E-state index contributed by atoms with van der Waals surface area (Å²) in [6.07, 6.45) is 5.68. The molecule has 1 aromatic carbocycles. The van der Waals surface area contributed by atoms with E-state index in [4.69, 9.17) is 9.57 Å². The first-order chi connectivity index (χ1) is 14.6. The van der Waals surface area contributed by atoms with Gasteiger partial charge in [-0.2, -0.15) is 5.48 Å². The SMILES string of the molecule is CC(C)(C)NCc1cccc(CCCOCCCN2CCCC(NOC(C)(C)C)C2)c1. The van der Waals surface area contributed by atoms with Crippen molar-refractivity contribution in [3.63, 3.8) is 0 Å². The summed E-state index contributed by atoms with van der Waals surface area (Å²) >= 11 is 0. The third kappa shape index (κ3) is 12.6. The third-order valence-corrected chi connectivity index (χ3v) is 5.37. The third-order valence-electron chi connectivity index (χ3n) is 5.37. The van der Waals surface area contributed by atoms with E-state index in [1.807, 2.05) is 0 Å². The minimum atomic E-state index is -0.138. The van der Waals surface area contributed by atoms with Crippen LogP contribution in [0, 0.1) is 0 Å². The molecule has 1 fully saturated rings. The Bertz CT molecular complexity index is 622. The maximum atomic E-state index is 5.91. The second kappa shape index (κ2) is 12.9. The summed E-state index contributed by atoms with van der Waals surface area (Å²) in [5.41, 5.74) is 6.04. The predicted molar refractivity (Wildman–Crippen MR) is 130 cm³/mol. The number of ether oxygens (including phenoxy) is 1. The normalized spacial score (nSPS) is 18.5. The van der Waals surface area contributed by atoms with Crippen LogP contribution < -0.4 is 10.8 Å². The molecular weight excluding hydrogens is 386 g/mol. The molecule has 2 N–H and O–H groups in total. The monoisotopic (exact) mass is 433 g/mol. The highest BCUT2D eigenvalue weighted by Crippen LogP contribution is 2.13. The van der Waals surface area contributed by atoms with Gasteiger partial charge in [-0.05, 0) is 91.3 Å². The predicted octanol–water partition coefficient (Wildman–Crippen LogP) is 4.70. The largest absolute Gasteiger partial charge is 0.381 e. The first-order valence-electron chi connectivity index (χ1n) is 12.2. The standard InChI is InChI=1S/C26H47N3O2/c1-25(2,3)27-20-23-12-7-11-22(19-23)13-9-17-30-18-10-16-29-15-8-14-24(21-29)28-31-26(4,5)6/h7,11-12,19,24,27-28H,8-10,13-18,20-21H2,1-6H3. The molecule has 2 rings (SSSR count). The molecule has 31 heavy (non-hydrogen) atoms. The minimum absolute atomic E-state index is 0.138. The molecule has 1 heterocycles. The van der Waals surface area contributed by atoms with E-state index in [0.717, 1.165) is 52.1 Å². The first kappa shape index (κ1) is 26.3. The Labute approximate surface area is 191 Å². The molecule has 0 radical (unpaired) electrons. The van der Waals surface area contributed by atoms with Crippen LogP contribution in [0.5, 0.6) is 0 Å². The molecule has 0 spiro atoms. The first-order valence-corrected chi connectivity index (χ1v) is 12.2. The summed E-state index contributed by atoms with van der Waals surface area (Å²) in [6, 6.07) is 9.36. The van der Waals surface area contributed by atoms with Gasteiger partial charge in [-0.25, -0.2) is 0 Å². The van der Waals surface area contributed by atoms with Gasteiger partial charge in [0.25, 0.3) is 0 Å². The molecular formula is C26H47N3O2. The van der Waals surface area contributed by atoms with Crippen LogP contribution in [0.15, 0.2) is 24.3 Å². The van der Waals surface area contributed by atoms with Gasteiger partial charge in [-0.3, -0.25) is 4.84 Å². The zero-order valence-corrected chi connectivity index (χ0v) is 20.9. The summed E-state index contributed by atoms with van der Waals surface area (Å²) in [4.78, 5) is 8.29. The Hall–Kier alpha value is -0.980. The van der Waals surface area contributed by atoms with E-state index in [2.05, 4.69) is 81.5 Å². The summed E-state index contributed by atoms with van der Waals surface area (Å²) in [5, 5.41) is 3.56. The average Bonchev–Trinajstić information content (AvgIpc) is 2.70. The van der Waals surface area contributed by atoms with Crippen LogP contribution in [-0.4, -0.2) is 54.9 Å². The zero-order valence-electron chi connectivity index (χ0n) is 20.9. The van der Waals surface area contributed by atoms with Crippen LogP contribution in [-0.2, 0) is 22.5 Å². The van der Waals surface area contributed by atoms with Gasteiger partial charge in [0, 0.05) is 44.4 Å². The van der Waals surface area contributed by atoms with Crippen molar-refractivity contribution in [3.8, 4) is 0 Å². The zero-order chi connectivity index (χ0) is 22.7. The molecule has 1 unspecified atom stereocenters. The summed E-state index contributed by atoms with van der Waals surface area (Å²) in [6.45, 7) is 18.8. The van der Waals surface area contributed by atoms with E-state index in [-0.39, 0.29) is 11.1 Å². The lowest BCUT2D eigenvalue weighted by Gasteiger charge is -2.34. The highest BCUT2D eigenvalue weighted by molar-refractivity contribution is 5.23. The van der Waals surface area contributed by atoms with E-state index in [1.54, 1.807) is 0 Å². The fourth-order valence-electron chi connectivity index (χ4n) is 3.75. The molecule has 1 atom stereocenters. The molecule has 0 amide bonds. The van der Waals surface area contributed by atoms with E-state index in [1.165, 1.54) is 30.5 Å². The van der Waals surface area contributed by atoms with Crippen molar-refractivity contribution in [2.24, 2.45) is 0 Å². The van der Waals surface area contributed by atoms with Gasteiger partial charge in [0.1, 0.15) is 0 Å². The Balaban J connectivity index is 1.54. The van der Waals surface area contributed by atoms with Gasteiger partial charge < -0.3 is 15.0 Å². The van der Waals surface area contributed by atoms with Crippen LogP contribution in [0.2, 0.25) is 0 Å². The van der Waals surface area contributed by atoms with Crippen LogP contribution in [0.3, 0.4) is 0 Å². The summed E-state index contributed by atoms with van der Waals surface area (Å²) in [7, 11) is 0. The van der Waals surface area contributed by atoms with Crippen molar-refractivity contribution in [2.45, 2.75) is 97.4 Å². The molecule has 0 aliphatic carbocycles. The summed E-state index contributed by atoms with van der Waals surface area (Å²) in [5.74, 6) is 0. The molecule has 1 aliphatic heterocycles. The Morgan fingerprint density at radius 3 is 2.52 bits per heavy atom. The second-order valence-corrected chi connectivity index (χ2v) is 11.0. The number of nitrogens with one attached hydrogen (secondary N) is 2. The van der Waals surface area contributed by atoms with Crippen molar-refractivity contribution >= 4 is 0 Å². The van der Waals surface area contributed by atoms with Gasteiger partial charge in [0.2, 0.25) is 0 Å². The Morgan fingerprint density at radius 1 is 1.03 bits per heavy atom. The molecule has 0 aromatic heterocycles. The molecule has 1 aromatic rings. The van der Waals surface area contributed by atoms with Gasteiger partial charge in [0.15, 0.2) is 0 Å². The van der Waals surface area contributed by atoms with Crippen LogP contribution in [0.1, 0.15) is 78.4 Å². The molecule has 1 saturated heterocycles. The van der Waals surface area contributed by atoms with Crippen molar-refractivity contribution in [1.82, 2.24) is 15.7 Å². The number of aryl methyl sites for hydroxylation is 1. The molecule has 5 heteroatoms. The van der Waals surface area contributed by atoms with Gasteiger partial charge in [0.05, 0.1) is 5.60 Å². The number of benzene rings is 1. The van der Waals surface area contributed by atoms with Crippen molar-refractivity contribution in [3.05, 3.63) is 35.4 Å². The smallest absolute Gasteiger partial charge is 0.0813 e. The van der Waals surface area contributed by atoms with Crippen molar-refractivity contribution in [1.29, 1.82) is 0 Å². The number of likely N-dealkylation sites (tertiary alicyclic amines) is 1. The van der Waals surface area contributed by atoms with Crippen LogP contribution in [0.25, 0.3) is 0 Å². The van der Waals surface area contributed by atoms with Gasteiger partial charge in [-0.15, -0.1) is 0 Å². The number of hydroxylamine groups is 1. The van der Waals surface area contributed by atoms with Crippen LogP contribution in [0.4, 0.5) is 0 Å². The highest BCUT2D eigenvalue weighted by atomic mass is 16.7. The lowest BCUT2D eigenvalue weighted by atomic mass is 10.0. The molecule has 0 bridgehead atoms.